The van der Waals surface area contributed by atoms with Crippen molar-refractivity contribution < 1.29 is 0 Å². The van der Waals surface area contributed by atoms with Crippen molar-refractivity contribution in [3.8, 4) is 0 Å². The Morgan fingerprint density at radius 3 is 2.53 bits per heavy atom. The van der Waals surface area contributed by atoms with Gasteiger partial charge < -0.3 is 0 Å². The van der Waals surface area contributed by atoms with Crippen LogP contribution in [0.15, 0.2) is 22.3 Å². The Bertz CT molecular complexity index is 313. The Kier molecular flexibility index (Phi) is 3.04. The molecule has 1 fully saturated rings. The quantitative estimate of drug-likeness (QED) is 0.494. The highest BCUT2D eigenvalue weighted by molar-refractivity contribution is 5.33. The maximum Gasteiger partial charge on any atom is 0.00146 e. The summed E-state index contributed by atoms with van der Waals surface area (Å²) in [6.07, 6.45) is 6.84. The third-order valence-corrected chi connectivity index (χ3v) is 4.35. The molecule has 0 unspecified atom stereocenters. The summed E-state index contributed by atoms with van der Waals surface area (Å²) in [5.41, 5.74) is 6.86. The van der Waals surface area contributed by atoms with Crippen molar-refractivity contribution >= 4 is 0 Å². The Labute approximate surface area is 94.5 Å². The SMILES string of the molecule is CC(C)=C1CCC(C)=C2CC[C@@H](C)C[C@H]12. The third-order valence-electron chi connectivity index (χ3n) is 4.35. The lowest BCUT2D eigenvalue weighted by Crippen LogP contribution is -2.23. The molecule has 0 aliphatic heterocycles. The fourth-order valence-electron chi connectivity index (χ4n) is 3.36. The van der Waals surface area contributed by atoms with E-state index in [4.69, 9.17) is 0 Å². The molecule has 0 aromatic rings. The lowest BCUT2D eigenvalue weighted by Gasteiger charge is -2.37. The van der Waals surface area contributed by atoms with E-state index < -0.39 is 0 Å². The minimum atomic E-state index is 0.826. The molecule has 0 aromatic heterocycles. The molecule has 1 saturated carbocycles. The van der Waals surface area contributed by atoms with Crippen LogP contribution >= 0.6 is 0 Å². The van der Waals surface area contributed by atoms with Crippen LogP contribution in [-0.2, 0) is 0 Å². The highest BCUT2D eigenvalue weighted by Gasteiger charge is 2.30. The smallest absolute Gasteiger partial charge is 0.00146 e. The van der Waals surface area contributed by atoms with Gasteiger partial charge in [0.05, 0.1) is 0 Å². The highest BCUT2D eigenvalue weighted by Crippen LogP contribution is 2.45. The van der Waals surface area contributed by atoms with Crippen LogP contribution in [0.2, 0.25) is 0 Å². The summed E-state index contributed by atoms with van der Waals surface area (Å²) in [6, 6.07) is 0. The first kappa shape index (κ1) is 11.0. The van der Waals surface area contributed by atoms with Gasteiger partial charge >= 0.3 is 0 Å². The second kappa shape index (κ2) is 4.15. The van der Waals surface area contributed by atoms with E-state index in [0.717, 1.165) is 11.8 Å². The Hall–Kier alpha value is -0.520. The Morgan fingerprint density at radius 2 is 1.87 bits per heavy atom. The molecule has 0 N–H and O–H groups in total. The first-order valence-corrected chi connectivity index (χ1v) is 6.44. The van der Waals surface area contributed by atoms with Gasteiger partial charge in [0.2, 0.25) is 0 Å². The highest BCUT2D eigenvalue weighted by atomic mass is 14.4. The van der Waals surface area contributed by atoms with E-state index in [-0.39, 0.29) is 0 Å². The van der Waals surface area contributed by atoms with Gasteiger partial charge in [-0.25, -0.2) is 0 Å². The molecule has 84 valence electrons. The number of rotatable bonds is 0. The van der Waals surface area contributed by atoms with Crippen molar-refractivity contribution in [2.75, 3.05) is 0 Å². The van der Waals surface area contributed by atoms with Gasteiger partial charge in [-0.15, -0.1) is 0 Å². The lowest BCUT2D eigenvalue weighted by molar-refractivity contribution is 0.364. The molecule has 2 atom stereocenters. The average Bonchev–Trinajstić information content (AvgIpc) is 2.17. The topological polar surface area (TPSA) is 0 Å². The van der Waals surface area contributed by atoms with Crippen molar-refractivity contribution in [3.63, 3.8) is 0 Å². The van der Waals surface area contributed by atoms with Crippen molar-refractivity contribution in [1.82, 2.24) is 0 Å². The predicted molar refractivity (Wildman–Crippen MR) is 66.8 cm³/mol. The normalized spacial score (nSPS) is 31.6. The van der Waals surface area contributed by atoms with Gasteiger partial charge in [-0.1, -0.05) is 29.2 Å². The first-order valence-electron chi connectivity index (χ1n) is 6.44. The zero-order valence-corrected chi connectivity index (χ0v) is 10.7. The number of hydrogen-bond donors (Lipinski definition) is 0. The summed E-state index contributed by atoms with van der Waals surface area (Å²) in [5, 5.41) is 0. The summed E-state index contributed by atoms with van der Waals surface area (Å²) in [6.45, 7) is 9.38. The van der Waals surface area contributed by atoms with Crippen LogP contribution in [0.1, 0.15) is 59.8 Å². The van der Waals surface area contributed by atoms with Crippen LogP contribution in [0.5, 0.6) is 0 Å². The molecule has 0 heterocycles. The summed E-state index contributed by atoms with van der Waals surface area (Å²) in [7, 11) is 0. The van der Waals surface area contributed by atoms with Gasteiger partial charge in [-0.05, 0) is 58.8 Å². The van der Waals surface area contributed by atoms with Crippen LogP contribution in [0.3, 0.4) is 0 Å². The molecule has 2 rings (SSSR count). The second-order valence-corrected chi connectivity index (χ2v) is 5.76. The summed E-state index contributed by atoms with van der Waals surface area (Å²) >= 11 is 0. The van der Waals surface area contributed by atoms with Gasteiger partial charge in [0.15, 0.2) is 0 Å². The van der Waals surface area contributed by atoms with Crippen molar-refractivity contribution in [1.29, 1.82) is 0 Å². The molecule has 15 heavy (non-hydrogen) atoms. The van der Waals surface area contributed by atoms with Crippen LogP contribution in [0.25, 0.3) is 0 Å². The van der Waals surface area contributed by atoms with Gasteiger partial charge in [-0.2, -0.15) is 0 Å². The van der Waals surface area contributed by atoms with Gasteiger partial charge in [0.1, 0.15) is 0 Å². The van der Waals surface area contributed by atoms with Gasteiger partial charge in [-0.3, -0.25) is 0 Å². The molecule has 2 aliphatic rings. The van der Waals surface area contributed by atoms with E-state index in [0.29, 0.717) is 0 Å². The molecule has 0 nitrogen and oxygen atoms in total. The Morgan fingerprint density at radius 1 is 1.13 bits per heavy atom. The van der Waals surface area contributed by atoms with Crippen LogP contribution in [-0.4, -0.2) is 0 Å². The fourth-order valence-corrected chi connectivity index (χ4v) is 3.36. The number of hydrogen-bond acceptors (Lipinski definition) is 0. The lowest BCUT2D eigenvalue weighted by atomic mass is 9.68. The Balaban J connectivity index is 2.34. The minimum absolute atomic E-state index is 0.826. The monoisotopic (exact) mass is 204 g/mol. The minimum Gasteiger partial charge on any atom is -0.0766 e. The fraction of sp³-hybridized carbons (Fsp3) is 0.733. The van der Waals surface area contributed by atoms with Crippen molar-refractivity contribution in [2.45, 2.75) is 59.8 Å². The molecular weight excluding hydrogens is 180 g/mol. The number of fused-ring (bicyclic) bond motifs is 1. The second-order valence-electron chi connectivity index (χ2n) is 5.76. The molecule has 0 amide bonds. The summed E-state index contributed by atoms with van der Waals surface area (Å²) < 4.78 is 0. The van der Waals surface area contributed by atoms with E-state index in [1.54, 1.807) is 22.3 Å². The van der Waals surface area contributed by atoms with Crippen LogP contribution < -0.4 is 0 Å². The average molecular weight is 204 g/mol. The molecule has 0 spiro atoms. The standard InChI is InChI=1S/C15H24/c1-10(2)13-8-6-12(4)14-7-5-11(3)9-15(13)14/h11,15H,5-9H2,1-4H3/t11-,15-/m1/s1. The molecular formula is C15H24. The van der Waals surface area contributed by atoms with E-state index in [9.17, 15) is 0 Å². The molecule has 2 aliphatic carbocycles. The summed E-state index contributed by atoms with van der Waals surface area (Å²) in [4.78, 5) is 0. The van der Waals surface area contributed by atoms with E-state index in [2.05, 4.69) is 27.7 Å². The van der Waals surface area contributed by atoms with Crippen LogP contribution in [0.4, 0.5) is 0 Å². The number of allylic oxidation sites excluding steroid dienone is 4. The maximum absolute atomic E-state index is 2.42. The zero-order valence-electron chi connectivity index (χ0n) is 10.7. The third kappa shape index (κ3) is 2.04. The van der Waals surface area contributed by atoms with Gasteiger partial charge in [0, 0.05) is 5.92 Å². The first-order chi connectivity index (χ1) is 7.09. The maximum atomic E-state index is 2.42. The van der Waals surface area contributed by atoms with E-state index in [1.165, 1.54) is 32.1 Å². The predicted octanol–water partition coefficient (Wildman–Crippen LogP) is 4.87. The molecule has 0 heteroatoms. The molecule has 0 saturated heterocycles. The van der Waals surface area contributed by atoms with Crippen LogP contribution in [0, 0.1) is 11.8 Å². The van der Waals surface area contributed by atoms with Crippen molar-refractivity contribution in [2.24, 2.45) is 11.8 Å². The van der Waals surface area contributed by atoms with Gasteiger partial charge in [0.25, 0.3) is 0 Å². The zero-order chi connectivity index (χ0) is 11.0. The molecule has 0 aromatic carbocycles. The van der Waals surface area contributed by atoms with E-state index in [1.807, 2.05) is 0 Å². The molecule has 0 radical (unpaired) electrons. The largest absolute Gasteiger partial charge is 0.0766 e. The summed E-state index contributed by atoms with van der Waals surface area (Å²) in [5.74, 6) is 1.76. The van der Waals surface area contributed by atoms with Crippen molar-refractivity contribution in [3.05, 3.63) is 22.3 Å². The van der Waals surface area contributed by atoms with E-state index >= 15 is 0 Å². The molecule has 0 bridgehead atoms.